The molecule has 1 aromatic rings. The second-order valence-electron chi connectivity index (χ2n) is 4.69. The summed E-state index contributed by atoms with van der Waals surface area (Å²) in [6, 6.07) is 0. The molecule has 0 bridgehead atoms. The van der Waals surface area contributed by atoms with Gasteiger partial charge in [-0.3, -0.25) is 20.1 Å². The summed E-state index contributed by atoms with van der Waals surface area (Å²) in [6.07, 6.45) is -5.71. The Labute approximate surface area is 135 Å². The second-order valence-corrected chi connectivity index (χ2v) is 4.69. The Morgan fingerprint density at radius 2 is 1.88 bits per heavy atom. The van der Waals surface area contributed by atoms with Gasteiger partial charge < -0.3 is 30.5 Å². The minimum atomic E-state index is -1.67. The van der Waals surface area contributed by atoms with Crippen LogP contribution in [0.25, 0.3) is 0 Å². The van der Waals surface area contributed by atoms with Crippen LogP contribution >= 0.6 is 0 Å². The van der Waals surface area contributed by atoms with E-state index in [9.17, 15) is 29.7 Å². The molecule has 0 fully saturated rings. The van der Waals surface area contributed by atoms with Crippen LogP contribution in [0.15, 0.2) is 9.59 Å². The van der Waals surface area contributed by atoms with E-state index in [1.54, 1.807) is 6.92 Å². The van der Waals surface area contributed by atoms with Crippen molar-refractivity contribution in [1.82, 2.24) is 9.97 Å². The van der Waals surface area contributed by atoms with Crippen LogP contribution in [0.5, 0.6) is 0 Å². The molecule has 0 aromatic carbocycles. The summed E-state index contributed by atoms with van der Waals surface area (Å²) in [4.78, 5) is 38.6. The zero-order valence-corrected chi connectivity index (χ0v) is 12.8. The van der Waals surface area contributed by atoms with Gasteiger partial charge in [-0.1, -0.05) is 0 Å². The van der Waals surface area contributed by atoms with Gasteiger partial charge in [0.15, 0.2) is 5.69 Å². The quantitative estimate of drug-likeness (QED) is 0.243. The van der Waals surface area contributed by atoms with Gasteiger partial charge in [-0.2, -0.15) is 0 Å². The lowest BCUT2D eigenvalue weighted by Gasteiger charge is -2.22. The van der Waals surface area contributed by atoms with Gasteiger partial charge in [0.25, 0.3) is 5.56 Å². The lowest BCUT2D eigenvalue weighted by atomic mass is 10.1. The standard InChI is InChI=1S/C12H20N4O8/c1-2-24-12(23)14-7-9(15-11(22)16-10(7)21)13-3-5(18)8(20)6(19)4-17/h5-6,8,17-20H,2-4H2,1H3,(H,14,23)(H3,13,15,16,21,22)/t5-,6+,8-/m0/s1. The number of aromatic amines is 2. The van der Waals surface area contributed by atoms with E-state index in [0.29, 0.717) is 0 Å². The number of nitrogens with one attached hydrogen (secondary N) is 4. The molecule has 0 saturated heterocycles. The number of H-pyrrole nitrogens is 2. The van der Waals surface area contributed by atoms with Crippen LogP contribution in [-0.2, 0) is 4.74 Å². The summed E-state index contributed by atoms with van der Waals surface area (Å²) in [7, 11) is 0. The Hall–Kier alpha value is -2.41. The zero-order valence-electron chi connectivity index (χ0n) is 12.8. The molecule has 12 nitrogen and oxygen atoms in total. The number of carbonyl (C=O) groups excluding carboxylic acids is 1. The maximum Gasteiger partial charge on any atom is 0.411 e. The van der Waals surface area contributed by atoms with Crippen LogP contribution < -0.4 is 21.9 Å². The van der Waals surface area contributed by atoms with Crippen LogP contribution in [0.2, 0.25) is 0 Å². The lowest BCUT2D eigenvalue weighted by molar-refractivity contribution is -0.0715. The van der Waals surface area contributed by atoms with E-state index < -0.39 is 48.8 Å². The molecule has 0 saturated carbocycles. The van der Waals surface area contributed by atoms with Gasteiger partial charge in [-0.25, -0.2) is 9.59 Å². The molecule has 3 atom stereocenters. The minimum Gasteiger partial charge on any atom is -0.450 e. The van der Waals surface area contributed by atoms with E-state index in [4.69, 9.17) is 5.11 Å². The fraction of sp³-hybridized carbons (Fsp3) is 0.583. The van der Waals surface area contributed by atoms with Crippen LogP contribution in [-0.4, -0.2) is 74.6 Å². The molecule has 8 N–H and O–H groups in total. The Kier molecular flexibility index (Phi) is 7.38. The van der Waals surface area contributed by atoms with E-state index in [0.717, 1.165) is 0 Å². The minimum absolute atomic E-state index is 0.0554. The first-order valence-electron chi connectivity index (χ1n) is 6.99. The first kappa shape index (κ1) is 19.6. The van der Waals surface area contributed by atoms with Crippen molar-refractivity contribution in [2.24, 2.45) is 0 Å². The number of ether oxygens (including phenoxy) is 1. The van der Waals surface area contributed by atoms with Gasteiger partial charge in [0, 0.05) is 6.54 Å². The molecular formula is C12H20N4O8. The van der Waals surface area contributed by atoms with Crippen molar-refractivity contribution in [2.45, 2.75) is 25.2 Å². The average molecular weight is 348 g/mol. The molecule has 1 aromatic heterocycles. The van der Waals surface area contributed by atoms with Crippen molar-refractivity contribution in [3.8, 4) is 0 Å². The van der Waals surface area contributed by atoms with Crippen LogP contribution in [0, 0.1) is 0 Å². The van der Waals surface area contributed by atoms with Crippen molar-refractivity contribution in [2.75, 3.05) is 30.4 Å². The maximum atomic E-state index is 11.8. The average Bonchev–Trinajstić information content (AvgIpc) is 2.54. The predicted octanol–water partition coefficient (Wildman–Crippen LogP) is -2.88. The van der Waals surface area contributed by atoms with Crippen molar-refractivity contribution >= 4 is 17.6 Å². The number of rotatable bonds is 8. The fourth-order valence-corrected chi connectivity index (χ4v) is 1.70. The molecule has 136 valence electrons. The number of aliphatic hydroxyl groups is 4. The molecule has 24 heavy (non-hydrogen) atoms. The van der Waals surface area contributed by atoms with E-state index in [2.05, 4.69) is 20.4 Å². The molecule has 1 amide bonds. The van der Waals surface area contributed by atoms with Gasteiger partial charge in [0.1, 0.15) is 18.0 Å². The molecule has 0 spiro atoms. The van der Waals surface area contributed by atoms with E-state index in [1.807, 2.05) is 4.98 Å². The molecule has 0 aliphatic heterocycles. The van der Waals surface area contributed by atoms with Crippen molar-refractivity contribution in [3.05, 3.63) is 20.8 Å². The third-order valence-electron chi connectivity index (χ3n) is 2.91. The number of hydrogen-bond acceptors (Lipinski definition) is 9. The van der Waals surface area contributed by atoms with Crippen LogP contribution in [0.3, 0.4) is 0 Å². The molecule has 1 heterocycles. The van der Waals surface area contributed by atoms with E-state index in [-0.39, 0.29) is 18.1 Å². The first-order chi connectivity index (χ1) is 11.3. The maximum absolute atomic E-state index is 11.8. The molecule has 0 radical (unpaired) electrons. The largest absolute Gasteiger partial charge is 0.450 e. The van der Waals surface area contributed by atoms with Gasteiger partial charge in [0.05, 0.1) is 19.3 Å². The van der Waals surface area contributed by atoms with Crippen molar-refractivity contribution in [3.63, 3.8) is 0 Å². The highest BCUT2D eigenvalue weighted by molar-refractivity contribution is 5.87. The summed E-state index contributed by atoms with van der Waals surface area (Å²) in [5.74, 6) is -0.235. The summed E-state index contributed by atoms with van der Waals surface area (Å²) in [5, 5.41) is 41.8. The third-order valence-corrected chi connectivity index (χ3v) is 2.91. The summed E-state index contributed by atoms with van der Waals surface area (Å²) in [6.45, 7) is 0.435. The van der Waals surface area contributed by atoms with Gasteiger partial charge in [-0.05, 0) is 6.92 Å². The molecule has 1 rings (SSSR count). The first-order valence-corrected chi connectivity index (χ1v) is 6.99. The molecule has 12 heteroatoms. The number of aromatic nitrogens is 2. The summed E-state index contributed by atoms with van der Waals surface area (Å²) < 4.78 is 4.62. The second kappa shape index (κ2) is 9.02. The van der Waals surface area contributed by atoms with Crippen LogP contribution in [0.4, 0.5) is 16.3 Å². The van der Waals surface area contributed by atoms with Crippen molar-refractivity contribution < 1.29 is 30.0 Å². The Balaban J connectivity index is 2.92. The number of amides is 1. The fourth-order valence-electron chi connectivity index (χ4n) is 1.70. The summed E-state index contributed by atoms with van der Waals surface area (Å²) >= 11 is 0. The monoisotopic (exact) mass is 348 g/mol. The van der Waals surface area contributed by atoms with Gasteiger partial charge >= 0.3 is 11.8 Å². The topological polar surface area (TPSA) is 197 Å². The molecule has 0 unspecified atom stereocenters. The highest BCUT2D eigenvalue weighted by Gasteiger charge is 2.24. The van der Waals surface area contributed by atoms with E-state index in [1.165, 1.54) is 0 Å². The Morgan fingerprint density at radius 3 is 2.46 bits per heavy atom. The number of hydrogen-bond donors (Lipinski definition) is 8. The molecule has 0 aliphatic rings. The summed E-state index contributed by atoms with van der Waals surface area (Å²) in [5.41, 5.74) is -2.15. The Morgan fingerprint density at radius 1 is 1.21 bits per heavy atom. The normalized spacial score (nSPS) is 14.5. The highest BCUT2D eigenvalue weighted by atomic mass is 16.5. The molecular weight excluding hydrogens is 328 g/mol. The third kappa shape index (κ3) is 5.34. The lowest BCUT2D eigenvalue weighted by Crippen LogP contribution is -2.43. The van der Waals surface area contributed by atoms with E-state index >= 15 is 0 Å². The Bertz CT molecular complexity index is 657. The zero-order chi connectivity index (χ0) is 18.3. The highest BCUT2D eigenvalue weighted by Crippen LogP contribution is 2.12. The van der Waals surface area contributed by atoms with Gasteiger partial charge in [-0.15, -0.1) is 0 Å². The predicted molar refractivity (Wildman–Crippen MR) is 81.9 cm³/mol. The van der Waals surface area contributed by atoms with Crippen LogP contribution in [0.1, 0.15) is 6.92 Å². The molecule has 0 aliphatic carbocycles. The van der Waals surface area contributed by atoms with Crippen molar-refractivity contribution in [1.29, 1.82) is 0 Å². The number of carbonyl (C=O) groups is 1. The number of aliphatic hydroxyl groups excluding tert-OH is 4. The number of anilines is 2. The van der Waals surface area contributed by atoms with Gasteiger partial charge in [0.2, 0.25) is 0 Å². The SMILES string of the molecule is CCOC(=O)Nc1c(NC[C@H](O)[C@H](O)[C@H](O)CO)[nH]c(=O)[nH]c1=O. The smallest absolute Gasteiger partial charge is 0.411 e.